The SMILES string of the molecule is C/C=C1/NC(=O)C(C(C)C)NC(=O)C(O)C(C(C)CCCCCCCCCC(=O)CCCC)NC(=O)C2CCCN2C(=O)C(CC(N)=O)N(C)C(=O)C(C(C)OC)NC(=O)CNC(=O)C(CCC(N)=O)NC(=O)C(C(C)O)NC(=O)C(C(C)O)NC1=O. The van der Waals surface area contributed by atoms with Gasteiger partial charge in [-0.05, 0) is 78.1 Å². The minimum Gasteiger partial charge on any atom is -0.391 e. The van der Waals surface area contributed by atoms with Gasteiger partial charge in [-0.1, -0.05) is 78.7 Å². The number of unbranched alkanes of at least 4 members (excludes halogenated alkanes) is 7. The van der Waals surface area contributed by atoms with Gasteiger partial charge in [0.1, 0.15) is 53.8 Å². The summed E-state index contributed by atoms with van der Waals surface area (Å²) in [4.78, 5) is 179. The molecule has 0 aromatic heterocycles. The lowest BCUT2D eigenvalue weighted by Gasteiger charge is -2.36. The van der Waals surface area contributed by atoms with Crippen LogP contribution in [0.15, 0.2) is 11.8 Å². The predicted octanol–water partition coefficient (Wildman–Crippen LogP) is -2.28. The average molecular weight is 1240 g/mol. The molecule has 87 heavy (non-hydrogen) atoms. The Labute approximate surface area is 509 Å². The number of fused-ring (bicyclic) bond motifs is 1. The van der Waals surface area contributed by atoms with Crippen molar-refractivity contribution in [1.29, 1.82) is 0 Å². The van der Waals surface area contributed by atoms with Crippen LogP contribution in [0.5, 0.6) is 0 Å². The number of nitrogens with two attached hydrogens (primary N) is 2. The molecule has 2 saturated heterocycles. The summed E-state index contributed by atoms with van der Waals surface area (Å²) < 4.78 is 5.41. The Morgan fingerprint density at radius 1 is 0.667 bits per heavy atom. The molecule has 0 spiro atoms. The van der Waals surface area contributed by atoms with Crippen LogP contribution in [0.4, 0.5) is 0 Å². The summed E-state index contributed by atoms with van der Waals surface area (Å²) in [5.41, 5.74) is 10.5. The highest BCUT2D eigenvalue weighted by molar-refractivity contribution is 6.03. The summed E-state index contributed by atoms with van der Waals surface area (Å²) in [5, 5.41) is 52.6. The van der Waals surface area contributed by atoms with Crippen LogP contribution in [0.25, 0.3) is 0 Å². The van der Waals surface area contributed by atoms with Gasteiger partial charge in [-0.3, -0.25) is 62.3 Å². The smallest absolute Gasteiger partial charge is 0.268 e. The van der Waals surface area contributed by atoms with E-state index in [0.29, 0.717) is 25.7 Å². The average Bonchev–Trinajstić information content (AvgIpc) is 2.29. The Balaban J connectivity index is 2.73. The van der Waals surface area contributed by atoms with Gasteiger partial charge in [-0.25, -0.2) is 0 Å². The number of ether oxygens (including phenoxy) is 1. The molecule has 0 aliphatic carbocycles. The number of ketones is 1. The van der Waals surface area contributed by atoms with E-state index in [-0.39, 0.29) is 25.2 Å². The van der Waals surface area contributed by atoms with E-state index in [9.17, 15) is 77.6 Å². The second-order valence-electron chi connectivity index (χ2n) is 23.0. The van der Waals surface area contributed by atoms with E-state index >= 15 is 0 Å². The number of methoxy groups -OCH3 is 1. The Morgan fingerprint density at radius 3 is 1.80 bits per heavy atom. The fraction of sp³-hybridized carbons (Fsp3) is 0.741. The summed E-state index contributed by atoms with van der Waals surface area (Å²) in [6.07, 6.45) is 2.26. The molecular formula is C58H98N12O17. The quantitative estimate of drug-likeness (QED) is 0.0358. The molecule has 2 aliphatic heterocycles. The zero-order valence-corrected chi connectivity index (χ0v) is 52.2. The number of carbonyl (C=O) groups excluding carboxylic acids is 13. The summed E-state index contributed by atoms with van der Waals surface area (Å²) in [6, 6.07) is -12.9. The minimum absolute atomic E-state index is 0.0502. The van der Waals surface area contributed by atoms with Gasteiger partial charge in [-0.2, -0.15) is 0 Å². The molecule has 2 aliphatic rings. The van der Waals surface area contributed by atoms with E-state index in [2.05, 4.69) is 42.5 Å². The van der Waals surface area contributed by atoms with Crippen molar-refractivity contribution in [2.24, 2.45) is 23.3 Å². The van der Waals surface area contributed by atoms with Crippen LogP contribution >= 0.6 is 0 Å². The molecule has 0 saturated carbocycles. The molecule has 13 unspecified atom stereocenters. The number of nitrogens with zero attached hydrogens (tertiary/aromatic N) is 2. The number of allylic oxidation sites excluding steroid dienone is 1. The standard InChI is InChI=1S/C58H98N12O17/c1-11-13-23-36(73)24-20-18-16-14-15-17-19-22-32(5)45-49(77)56(84)65-44(31(3)4)53(81)62-37(12-2)51(79)67-47(34(7)72)55(83)68-46(33(6)71)54(82)63-38(26-27-41(59)74)50(78)61-30-43(76)64-48(35(8)87-10)58(86)69(9)40(29-42(60)75)57(85)70-28-21-25-39(70)52(80)66-45/h12,31-35,38-40,44-49,71-72,77H,11,13-30H2,1-10H3,(H2,59,74)(H2,60,75)(H,61,78)(H,62,81)(H,63,82)(H,64,76)(H,65,84)(H,66,80)(H,67,79)(H,68,83)/b37-12+. The van der Waals surface area contributed by atoms with Crippen molar-refractivity contribution in [1.82, 2.24) is 52.3 Å². The highest BCUT2D eigenvalue weighted by atomic mass is 16.5. The van der Waals surface area contributed by atoms with Crippen LogP contribution < -0.4 is 54.0 Å². The van der Waals surface area contributed by atoms with Crippen LogP contribution in [0, 0.1) is 11.8 Å². The maximum Gasteiger partial charge on any atom is 0.268 e. The summed E-state index contributed by atoms with van der Waals surface area (Å²) in [7, 11) is 2.37. The third-order valence-electron chi connectivity index (χ3n) is 15.6. The first kappa shape index (κ1) is 76.0. The molecule has 0 aromatic carbocycles. The van der Waals surface area contributed by atoms with Crippen LogP contribution in [0.1, 0.15) is 165 Å². The highest BCUT2D eigenvalue weighted by Gasteiger charge is 2.44. The summed E-state index contributed by atoms with van der Waals surface area (Å²) in [5.74, 6) is -13.5. The van der Waals surface area contributed by atoms with Crippen molar-refractivity contribution in [2.45, 2.75) is 237 Å². The number of rotatable bonds is 24. The van der Waals surface area contributed by atoms with Gasteiger partial charge >= 0.3 is 0 Å². The molecule has 0 bridgehead atoms. The van der Waals surface area contributed by atoms with Crippen molar-refractivity contribution in [3.63, 3.8) is 0 Å². The lowest BCUT2D eigenvalue weighted by Crippen LogP contribution is -2.62. The van der Waals surface area contributed by atoms with E-state index in [0.717, 1.165) is 88.1 Å². The normalized spacial score (nSPS) is 26.1. The number of Topliss-reactive ketones (excluding diaryl/α,β-unsaturated/α-hetero) is 1. The highest BCUT2D eigenvalue weighted by Crippen LogP contribution is 2.25. The van der Waals surface area contributed by atoms with Gasteiger partial charge in [0.05, 0.1) is 37.3 Å². The molecule has 2 rings (SSSR count). The van der Waals surface area contributed by atoms with E-state index < -0.39 is 187 Å². The lowest BCUT2D eigenvalue weighted by atomic mass is 9.90. The first-order valence-corrected chi connectivity index (χ1v) is 30.2. The maximum atomic E-state index is 14.7. The molecule has 0 radical (unpaired) electrons. The number of nitrogens with one attached hydrogen (secondary N) is 8. The van der Waals surface area contributed by atoms with Crippen molar-refractivity contribution in [2.75, 3.05) is 27.2 Å². The molecule has 2 heterocycles. The third-order valence-corrected chi connectivity index (χ3v) is 15.6. The molecule has 12 amide bonds. The van der Waals surface area contributed by atoms with Crippen LogP contribution in [0.2, 0.25) is 0 Å². The van der Waals surface area contributed by atoms with Crippen LogP contribution in [-0.4, -0.2) is 202 Å². The monoisotopic (exact) mass is 1230 g/mol. The number of aliphatic hydroxyl groups is 3. The van der Waals surface area contributed by atoms with Gasteiger partial charge < -0.3 is 83.9 Å². The van der Waals surface area contributed by atoms with Crippen molar-refractivity contribution in [3.8, 4) is 0 Å². The Hall–Kier alpha value is -7.11. The molecule has 29 nitrogen and oxygen atoms in total. The summed E-state index contributed by atoms with van der Waals surface area (Å²) in [6.45, 7) is 10.9. The van der Waals surface area contributed by atoms with E-state index in [1.165, 1.54) is 21.0 Å². The maximum absolute atomic E-state index is 14.7. The molecular weight excluding hydrogens is 1140 g/mol. The lowest BCUT2D eigenvalue weighted by molar-refractivity contribution is -0.151. The number of primary amides is 2. The van der Waals surface area contributed by atoms with Gasteiger partial charge in [0.15, 0.2) is 6.10 Å². The molecule has 15 N–H and O–H groups in total. The van der Waals surface area contributed by atoms with Crippen molar-refractivity contribution < 1.29 is 82.4 Å². The van der Waals surface area contributed by atoms with Crippen molar-refractivity contribution in [3.05, 3.63) is 11.8 Å². The van der Waals surface area contributed by atoms with Crippen LogP contribution in [-0.2, 0) is 67.1 Å². The topological polar surface area (TPSA) is 447 Å². The van der Waals surface area contributed by atoms with Gasteiger partial charge in [0, 0.05) is 40.0 Å². The summed E-state index contributed by atoms with van der Waals surface area (Å²) >= 11 is 0. The van der Waals surface area contributed by atoms with E-state index in [1.807, 2.05) is 6.92 Å². The molecule has 492 valence electrons. The number of hydrogen-bond donors (Lipinski definition) is 13. The van der Waals surface area contributed by atoms with Gasteiger partial charge in [0.25, 0.3) is 11.8 Å². The second-order valence-corrected chi connectivity index (χ2v) is 23.0. The number of aliphatic hydroxyl groups excluding tert-OH is 3. The molecule has 0 aromatic rings. The Morgan fingerprint density at radius 2 is 1.24 bits per heavy atom. The molecule has 29 heteroatoms. The number of likely N-dealkylation sites (N-methyl/N-ethyl adjacent to an activating group) is 1. The fourth-order valence-electron chi connectivity index (χ4n) is 10.1. The third kappa shape index (κ3) is 24.9. The van der Waals surface area contributed by atoms with E-state index in [4.69, 9.17) is 16.2 Å². The van der Waals surface area contributed by atoms with E-state index in [1.54, 1.807) is 20.8 Å². The predicted molar refractivity (Wildman–Crippen MR) is 316 cm³/mol. The zero-order chi connectivity index (χ0) is 65.8. The number of amides is 12. The number of hydrogen-bond acceptors (Lipinski definition) is 17. The first-order chi connectivity index (χ1) is 40.9. The molecule has 13 atom stereocenters. The van der Waals surface area contributed by atoms with Gasteiger partial charge in [0.2, 0.25) is 59.1 Å². The van der Waals surface area contributed by atoms with Gasteiger partial charge in [-0.15, -0.1) is 0 Å². The zero-order valence-electron chi connectivity index (χ0n) is 52.2. The Bertz CT molecular complexity index is 2420. The number of carbonyl (C=O) groups is 13. The Kier molecular flexibility index (Phi) is 33.4. The minimum atomic E-state index is -2.04. The second kappa shape index (κ2) is 38.2. The van der Waals surface area contributed by atoms with Crippen LogP contribution in [0.3, 0.4) is 0 Å². The first-order valence-electron chi connectivity index (χ1n) is 30.2. The largest absolute Gasteiger partial charge is 0.391 e. The fourth-order valence-corrected chi connectivity index (χ4v) is 10.1. The van der Waals surface area contributed by atoms with Crippen molar-refractivity contribution >= 4 is 76.7 Å². The molecule has 2 fully saturated rings.